The topological polar surface area (TPSA) is 32.7 Å². The monoisotopic (exact) mass is 321 g/mol. The van der Waals surface area contributed by atoms with Crippen LogP contribution >= 0.6 is 0 Å². The van der Waals surface area contributed by atoms with Gasteiger partial charge in [-0.25, -0.2) is 0 Å². The number of rotatable bonds is 2. The van der Waals surface area contributed by atoms with Crippen molar-refractivity contribution in [2.24, 2.45) is 0 Å². The van der Waals surface area contributed by atoms with Gasteiger partial charge in [0.1, 0.15) is 6.10 Å². The average molecular weight is 321 g/mol. The van der Waals surface area contributed by atoms with E-state index in [4.69, 9.17) is 4.74 Å². The van der Waals surface area contributed by atoms with Crippen LogP contribution in [0.25, 0.3) is 0 Å². The Kier molecular flexibility index (Phi) is 3.14. The first-order chi connectivity index (χ1) is 11.8. The van der Waals surface area contributed by atoms with Crippen LogP contribution in [-0.2, 0) is 12.0 Å². The van der Waals surface area contributed by atoms with E-state index < -0.39 is 0 Å². The molecule has 1 spiro atoms. The van der Waals surface area contributed by atoms with Crippen LogP contribution in [0.3, 0.4) is 0 Å². The Labute approximate surface area is 142 Å². The van der Waals surface area contributed by atoms with Gasteiger partial charge in [-0.15, -0.1) is 0 Å². The van der Waals surface area contributed by atoms with Crippen LogP contribution in [-0.4, -0.2) is 28.7 Å². The van der Waals surface area contributed by atoms with Gasteiger partial charge in [0, 0.05) is 30.1 Å². The number of likely N-dealkylation sites (tertiary alicyclic amines) is 1. The average Bonchev–Trinajstić information content (AvgIpc) is 2.91. The molecule has 1 saturated carbocycles. The van der Waals surface area contributed by atoms with Crippen LogP contribution in [0.2, 0.25) is 0 Å². The molecule has 5 rings (SSSR count). The Balaban J connectivity index is 1.48. The van der Waals surface area contributed by atoms with Gasteiger partial charge in [0.25, 0.3) is 0 Å². The first-order valence-corrected chi connectivity index (χ1v) is 9.03. The summed E-state index contributed by atoms with van der Waals surface area (Å²) in [6, 6.07) is 17.2. The van der Waals surface area contributed by atoms with Gasteiger partial charge in [0.15, 0.2) is 11.5 Å². The Morgan fingerprint density at radius 1 is 1.12 bits per heavy atom. The standard InChI is InChI=1S/C21H23NO2/c23-18-10-4-9-17-20(18)24-19-14-22(13-15-6-2-1-3-7-15)16-8-5-11-21(17,19)12-16/h1-4,6-7,9-10,16,19,23H,5,8,11-14H2/t16-,19-,21-/m0/s1. The number of phenols is 1. The molecule has 124 valence electrons. The van der Waals surface area contributed by atoms with Crippen molar-refractivity contribution >= 4 is 0 Å². The van der Waals surface area contributed by atoms with E-state index in [1.165, 1.54) is 30.4 Å². The number of benzene rings is 2. The number of phenolic OH excluding ortho intramolecular Hbond substituents is 1. The molecule has 3 atom stereocenters. The van der Waals surface area contributed by atoms with Crippen LogP contribution in [0.15, 0.2) is 48.5 Å². The third-order valence-corrected chi connectivity index (χ3v) is 6.31. The Morgan fingerprint density at radius 2 is 2.00 bits per heavy atom. The normalized spacial score (nSPS) is 31.2. The summed E-state index contributed by atoms with van der Waals surface area (Å²) in [4.78, 5) is 2.60. The molecule has 1 N–H and O–H groups in total. The number of aromatic hydroxyl groups is 1. The lowest BCUT2D eigenvalue weighted by Crippen LogP contribution is -2.59. The maximum atomic E-state index is 10.2. The van der Waals surface area contributed by atoms with Crippen molar-refractivity contribution in [1.82, 2.24) is 4.90 Å². The number of fused-ring (bicyclic) bond motifs is 2. The zero-order valence-corrected chi connectivity index (χ0v) is 13.8. The van der Waals surface area contributed by atoms with Crippen LogP contribution in [0.1, 0.15) is 36.8 Å². The number of hydrogen-bond acceptors (Lipinski definition) is 3. The molecule has 2 fully saturated rings. The first kappa shape index (κ1) is 14.4. The van der Waals surface area contributed by atoms with E-state index in [9.17, 15) is 5.11 Å². The van der Waals surface area contributed by atoms with E-state index >= 15 is 0 Å². The fourth-order valence-electron chi connectivity index (χ4n) is 5.18. The van der Waals surface area contributed by atoms with Crippen molar-refractivity contribution in [3.05, 3.63) is 59.7 Å². The van der Waals surface area contributed by atoms with Crippen molar-refractivity contribution < 1.29 is 9.84 Å². The third kappa shape index (κ3) is 2.01. The second-order valence-corrected chi connectivity index (χ2v) is 7.58. The quantitative estimate of drug-likeness (QED) is 0.912. The number of hydrogen-bond donors (Lipinski definition) is 1. The van der Waals surface area contributed by atoms with Crippen LogP contribution < -0.4 is 4.74 Å². The molecule has 3 nitrogen and oxygen atoms in total. The highest BCUT2D eigenvalue weighted by atomic mass is 16.5. The summed E-state index contributed by atoms with van der Waals surface area (Å²) in [5, 5.41) is 10.2. The summed E-state index contributed by atoms with van der Waals surface area (Å²) in [5.41, 5.74) is 2.73. The molecule has 3 aliphatic rings. The maximum absolute atomic E-state index is 10.2. The summed E-state index contributed by atoms with van der Waals surface area (Å²) in [5.74, 6) is 1.04. The summed E-state index contributed by atoms with van der Waals surface area (Å²) in [6.07, 6.45) is 5.02. The number of nitrogens with zero attached hydrogens (tertiary/aromatic N) is 1. The van der Waals surface area contributed by atoms with E-state index in [0.29, 0.717) is 11.8 Å². The minimum atomic E-state index is 0.115. The van der Waals surface area contributed by atoms with Crippen LogP contribution in [0.5, 0.6) is 11.5 Å². The Hall–Kier alpha value is -2.00. The summed E-state index contributed by atoms with van der Waals surface area (Å²) in [6.45, 7) is 1.94. The highest BCUT2D eigenvalue weighted by Crippen LogP contribution is 2.56. The van der Waals surface area contributed by atoms with Crippen LogP contribution in [0, 0.1) is 0 Å². The van der Waals surface area contributed by atoms with Gasteiger partial charge in [-0.3, -0.25) is 4.90 Å². The molecule has 2 heterocycles. The molecule has 2 aromatic rings. The number of para-hydroxylation sites is 1. The lowest BCUT2D eigenvalue weighted by atomic mass is 9.63. The predicted octanol–water partition coefficient (Wildman–Crippen LogP) is 3.85. The highest BCUT2D eigenvalue weighted by Gasteiger charge is 2.56. The lowest BCUT2D eigenvalue weighted by molar-refractivity contribution is -0.0259. The van der Waals surface area contributed by atoms with Gasteiger partial charge < -0.3 is 9.84 Å². The molecule has 3 heteroatoms. The summed E-state index contributed by atoms with van der Waals surface area (Å²) >= 11 is 0. The molecule has 24 heavy (non-hydrogen) atoms. The van der Waals surface area contributed by atoms with Gasteiger partial charge in [-0.05, 0) is 30.9 Å². The second kappa shape index (κ2) is 5.25. The third-order valence-electron chi connectivity index (χ3n) is 6.31. The fraction of sp³-hybridized carbons (Fsp3) is 0.429. The predicted molar refractivity (Wildman–Crippen MR) is 93.3 cm³/mol. The van der Waals surface area contributed by atoms with Crippen molar-refractivity contribution in [1.29, 1.82) is 0 Å². The van der Waals surface area contributed by atoms with Crippen molar-refractivity contribution in [3.63, 3.8) is 0 Å². The zero-order chi connectivity index (χ0) is 16.1. The first-order valence-electron chi connectivity index (χ1n) is 9.03. The lowest BCUT2D eigenvalue weighted by Gasteiger charge is -2.51. The largest absolute Gasteiger partial charge is 0.504 e. The van der Waals surface area contributed by atoms with Crippen molar-refractivity contribution in [3.8, 4) is 11.5 Å². The van der Waals surface area contributed by atoms with E-state index in [1.54, 1.807) is 6.07 Å². The van der Waals surface area contributed by atoms with Crippen LogP contribution in [0.4, 0.5) is 0 Å². The summed E-state index contributed by atoms with van der Waals surface area (Å²) in [7, 11) is 0. The molecule has 0 radical (unpaired) electrons. The molecular weight excluding hydrogens is 298 g/mol. The second-order valence-electron chi connectivity index (χ2n) is 7.58. The smallest absolute Gasteiger partial charge is 0.165 e. The van der Waals surface area contributed by atoms with Gasteiger partial charge in [0.05, 0.1) is 0 Å². The van der Waals surface area contributed by atoms with Gasteiger partial charge in [-0.2, -0.15) is 0 Å². The molecule has 1 aliphatic carbocycles. The molecule has 0 amide bonds. The van der Waals surface area contributed by atoms with Crippen molar-refractivity contribution in [2.45, 2.75) is 49.8 Å². The minimum Gasteiger partial charge on any atom is -0.504 e. The van der Waals surface area contributed by atoms with E-state index in [1.807, 2.05) is 6.07 Å². The van der Waals surface area contributed by atoms with Gasteiger partial charge >= 0.3 is 0 Å². The zero-order valence-electron chi connectivity index (χ0n) is 13.8. The Morgan fingerprint density at radius 3 is 2.88 bits per heavy atom. The molecule has 2 aromatic carbocycles. The molecule has 1 saturated heterocycles. The minimum absolute atomic E-state index is 0.115. The maximum Gasteiger partial charge on any atom is 0.165 e. The highest BCUT2D eigenvalue weighted by molar-refractivity contribution is 5.54. The molecule has 0 unspecified atom stereocenters. The number of piperidine rings is 1. The number of ether oxygens (including phenoxy) is 1. The molecule has 2 aliphatic heterocycles. The van der Waals surface area contributed by atoms with E-state index in [0.717, 1.165) is 25.3 Å². The molecule has 2 bridgehead atoms. The van der Waals surface area contributed by atoms with Crippen molar-refractivity contribution in [2.75, 3.05) is 6.54 Å². The summed E-state index contributed by atoms with van der Waals surface area (Å²) < 4.78 is 6.29. The molecule has 0 aromatic heterocycles. The molecular formula is C21H23NO2. The van der Waals surface area contributed by atoms with Gasteiger partial charge in [-0.1, -0.05) is 48.9 Å². The van der Waals surface area contributed by atoms with E-state index in [2.05, 4.69) is 41.3 Å². The SMILES string of the molecule is Oc1cccc2c1O[C@H]1CN(Cc3ccccc3)[C@H]3CCC[C@]21C3. The Bertz CT molecular complexity index is 760. The fourth-order valence-corrected chi connectivity index (χ4v) is 5.18. The van der Waals surface area contributed by atoms with Gasteiger partial charge in [0.2, 0.25) is 0 Å². The van der Waals surface area contributed by atoms with E-state index in [-0.39, 0.29) is 11.5 Å².